The van der Waals surface area contributed by atoms with Crippen molar-refractivity contribution < 1.29 is 27.9 Å². The Kier molecular flexibility index (Phi) is 8.39. The second-order valence-electron chi connectivity index (χ2n) is 7.73. The Hall–Kier alpha value is -3.11. The van der Waals surface area contributed by atoms with Crippen LogP contribution in [0.3, 0.4) is 0 Å². The first-order chi connectivity index (χ1) is 16.4. The predicted octanol–water partition coefficient (Wildman–Crippen LogP) is 5.28. The van der Waals surface area contributed by atoms with E-state index in [-0.39, 0.29) is 17.5 Å². The Morgan fingerprint density at radius 3 is 2.29 bits per heavy atom. The number of hydrogen-bond donors (Lipinski definition) is 3. The number of carbonyl (C=O) groups is 2. The number of halogens is 2. The molecule has 8 nitrogen and oxygen atoms in total. The van der Waals surface area contributed by atoms with E-state index in [4.69, 9.17) is 27.9 Å². The lowest BCUT2D eigenvalue weighted by Gasteiger charge is -2.15. The summed E-state index contributed by atoms with van der Waals surface area (Å²) in [6, 6.07) is 15.9. The zero-order chi connectivity index (χ0) is 25.8. The number of nitrogens with one attached hydrogen (secondary N) is 2. The van der Waals surface area contributed by atoms with E-state index in [1.807, 2.05) is 0 Å². The third kappa shape index (κ3) is 7.43. The molecule has 3 aromatic carbocycles. The van der Waals surface area contributed by atoms with Gasteiger partial charge in [0, 0.05) is 23.4 Å². The van der Waals surface area contributed by atoms with Crippen LogP contribution in [0.2, 0.25) is 10.0 Å². The van der Waals surface area contributed by atoms with Gasteiger partial charge in [-0.1, -0.05) is 29.3 Å². The van der Waals surface area contributed by atoms with Crippen molar-refractivity contribution in [2.45, 2.75) is 19.4 Å². The highest BCUT2D eigenvalue weighted by atomic mass is 35.5. The molecule has 0 saturated carbocycles. The maximum atomic E-state index is 12.4. The van der Waals surface area contributed by atoms with Gasteiger partial charge in [0.25, 0.3) is 5.91 Å². The first-order valence-corrected chi connectivity index (χ1v) is 12.9. The zero-order valence-corrected chi connectivity index (χ0v) is 21.0. The molecule has 3 N–H and O–H groups in total. The third-order valence-corrected chi connectivity index (χ3v) is 6.41. The highest BCUT2D eigenvalue weighted by Crippen LogP contribution is 2.30. The molecule has 0 aromatic heterocycles. The van der Waals surface area contributed by atoms with Crippen molar-refractivity contribution in [3.05, 3.63) is 87.4 Å². The fourth-order valence-electron chi connectivity index (χ4n) is 3.03. The van der Waals surface area contributed by atoms with Gasteiger partial charge in [0.1, 0.15) is 11.5 Å². The fourth-order valence-corrected chi connectivity index (χ4v) is 3.75. The van der Waals surface area contributed by atoms with Gasteiger partial charge < -0.3 is 15.2 Å². The van der Waals surface area contributed by atoms with E-state index in [0.717, 1.165) is 6.26 Å². The lowest BCUT2D eigenvalue weighted by Crippen LogP contribution is -2.21. The monoisotopic (exact) mass is 536 g/mol. The lowest BCUT2D eigenvalue weighted by atomic mass is 9.98. The third-order valence-electron chi connectivity index (χ3n) is 5.00. The summed E-state index contributed by atoms with van der Waals surface area (Å²) in [6.45, 7) is 1.46. The van der Waals surface area contributed by atoms with Crippen molar-refractivity contribution in [2.24, 2.45) is 0 Å². The molecule has 1 atom stereocenters. The largest absolute Gasteiger partial charge is 0.481 e. The molecule has 0 bridgehead atoms. The maximum absolute atomic E-state index is 12.4. The number of carboxylic acid groups (broad SMARTS) is 1. The number of aliphatic carboxylic acids is 1. The Morgan fingerprint density at radius 2 is 1.69 bits per heavy atom. The van der Waals surface area contributed by atoms with Crippen molar-refractivity contribution in [3.8, 4) is 11.5 Å². The summed E-state index contributed by atoms with van der Waals surface area (Å²) in [5, 5.41) is 12.7. The quantitative estimate of drug-likeness (QED) is 0.342. The molecular formula is C24H22Cl2N2O6S. The maximum Gasteiger partial charge on any atom is 0.310 e. The van der Waals surface area contributed by atoms with E-state index in [9.17, 15) is 23.1 Å². The number of amides is 1. The van der Waals surface area contributed by atoms with Crippen LogP contribution < -0.4 is 14.8 Å². The van der Waals surface area contributed by atoms with Crippen molar-refractivity contribution in [3.63, 3.8) is 0 Å². The average molecular weight is 537 g/mol. The summed E-state index contributed by atoms with van der Waals surface area (Å²) in [4.78, 5) is 23.8. The molecule has 11 heteroatoms. The number of rotatable bonds is 9. The van der Waals surface area contributed by atoms with Gasteiger partial charge in [-0.15, -0.1) is 0 Å². The number of hydrogen-bond acceptors (Lipinski definition) is 5. The first kappa shape index (κ1) is 26.5. The molecule has 0 saturated heterocycles. The molecule has 0 aliphatic carbocycles. The van der Waals surface area contributed by atoms with Gasteiger partial charge >= 0.3 is 5.97 Å². The molecule has 0 aliphatic heterocycles. The normalized spacial score (nSPS) is 12.1. The topological polar surface area (TPSA) is 122 Å². The summed E-state index contributed by atoms with van der Waals surface area (Å²) in [5.41, 5.74) is 1.84. The van der Waals surface area contributed by atoms with Gasteiger partial charge in [-0.25, -0.2) is 13.1 Å². The van der Waals surface area contributed by atoms with Crippen LogP contribution in [0.4, 0.5) is 5.69 Å². The van der Waals surface area contributed by atoms with E-state index in [2.05, 4.69) is 10.0 Å². The summed E-state index contributed by atoms with van der Waals surface area (Å²) in [6.07, 6.45) is 1.03. The van der Waals surface area contributed by atoms with E-state index in [1.54, 1.807) is 48.5 Å². The number of ether oxygens (including phenoxy) is 1. The number of anilines is 1. The number of benzene rings is 3. The standard InChI is InChI=1S/C24H22Cl2N2O6S/c1-14(24(30)31)15-4-10-22(17(11-15)13-27-35(2,32)33)34-19-7-5-18(6-8-19)28-23(29)16-3-9-20(25)21(26)12-16/h3-12,14,27H,13H2,1-2H3,(H,28,29)(H,30,31). The Balaban J connectivity index is 1.77. The molecule has 0 fully saturated rings. The second-order valence-corrected chi connectivity index (χ2v) is 10.4. The van der Waals surface area contributed by atoms with Crippen molar-refractivity contribution in [1.29, 1.82) is 0 Å². The SMILES string of the molecule is CC(C(=O)O)c1ccc(Oc2ccc(NC(=O)c3ccc(Cl)c(Cl)c3)cc2)c(CNS(C)(=O)=O)c1. The van der Waals surface area contributed by atoms with Gasteiger partial charge in [0.05, 0.1) is 22.2 Å². The van der Waals surface area contributed by atoms with Crippen molar-refractivity contribution >= 4 is 50.8 Å². The molecular weight excluding hydrogens is 515 g/mol. The van der Waals surface area contributed by atoms with Gasteiger partial charge in [-0.2, -0.15) is 0 Å². The Morgan fingerprint density at radius 1 is 1.00 bits per heavy atom. The van der Waals surface area contributed by atoms with Crippen LogP contribution >= 0.6 is 23.2 Å². The van der Waals surface area contributed by atoms with Gasteiger partial charge in [-0.05, 0) is 67.1 Å². The zero-order valence-electron chi connectivity index (χ0n) is 18.7. The average Bonchev–Trinajstić information content (AvgIpc) is 2.80. The summed E-state index contributed by atoms with van der Waals surface area (Å²) in [7, 11) is -3.48. The molecule has 0 aliphatic rings. The molecule has 0 heterocycles. The molecule has 35 heavy (non-hydrogen) atoms. The van der Waals surface area contributed by atoms with Crippen LogP contribution in [0.25, 0.3) is 0 Å². The Bertz CT molecular complexity index is 1360. The fraction of sp³-hybridized carbons (Fsp3) is 0.167. The van der Waals surface area contributed by atoms with Crippen LogP contribution in [-0.2, 0) is 21.4 Å². The summed E-state index contributed by atoms with van der Waals surface area (Å²) in [5.74, 6) is -1.36. The van der Waals surface area contributed by atoms with Crippen molar-refractivity contribution in [2.75, 3.05) is 11.6 Å². The van der Waals surface area contributed by atoms with Gasteiger partial charge in [0.2, 0.25) is 10.0 Å². The number of sulfonamides is 1. The van der Waals surface area contributed by atoms with Crippen LogP contribution in [0.1, 0.15) is 34.3 Å². The first-order valence-electron chi connectivity index (χ1n) is 10.3. The molecule has 3 aromatic rings. The number of carbonyl (C=O) groups excluding carboxylic acids is 1. The van der Waals surface area contributed by atoms with Crippen LogP contribution in [-0.4, -0.2) is 31.7 Å². The smallest absolute Gasteiger partial charge is 0.310 e. The highest BCUT2D eigenvalue weighted by Gasteiger charge is 2.17. The highest BCUT2D eigenvalue weighted by molar-refractivity contribution is 7.88. The molecule has 1 amide bonds. The summed E-state index contributed by atoms with van der Waals surface area (Å²) >= 11 is 11.8. The van der Waals surface area contributed by atoms with Crippen LogP contribution in [0.5, 0.6) is 11.5 Å². The second kappa shape index (κ2) is 11.1. The molecule has 1 unspecified atom stereocenters. The minimum atomic E-state index is -3.48. The van der Waals surface area contributed by atoms with E-state index >= 15 is 0 Å². The van der Waals surface area contributed by atoms with Gasteiger partial charge in [-0.3, -0.25) is 9.59 Å². The number of carboxylic acids is 1. The predicted molar refractivity (Wildman–Crippen MR) is 135 cm³/mol. The minimum Gasteiger partial charge on any atom is -0.481 e. The van der Waals surface area contributed by atoms with E-state index < -0.39 is 21.9 Å². The lowest BCUT2D eigenvalue weighted by molar-refractivity contribution is -0.138. The molecule has 184 valence electrons. The van der Waals surface area contributed by atoms with Crippen LogP contribution in [0, 0.1) is 0 Å². The molecule has 0 radical (unpaired) electrons. The minimum absolute atomic E-state index is 0.0772. The molecule has 3 rings (SSSR count). The summed E-state index contributed by atoms with van der Waals surface area (Å²) < 4.78 is 31.4. The van der Waals surface area contributed by atoms with Gasteiger partial charge in [0.15, 0.2) is 0 Å². The van der Waals surface area contributed by atoms with E-state index in [0.29, 0.717) is 38.9 Å². The van der Waals surface area contributed by atoms with Crippen LogP contribution in [0.15, 0.2) is 60.7 Å². The van der Waals surface area contributed by atoms with E-state index in [1.165, 1.54) is 19.1 Å². The molecule has 0 spiro atoms. The Labute approximate surface area is 212 Å². The van der Waals surface area contributed by atoms with Crippen molar-refractivity contribution in [1.82, 2.24) is 4.72 Å².